The molecule has 0 fully saturated rings. The van der Waals surface area contributed by atoms with Gasteiger partial charge < -0.3 is 9.47 Å². The highest BCUT2D eigenvalue weighted by Crippen LogP contribution is 2.36. The van der Waals surface area contributed by atoms with Gasteiger partial charge >= 0.3 is 0 Å². The predicted octanol–water partition coefficient (Wildman–Crippen LogP) is 3.08. The van der Waals surface area contributed by atoms with Crippen LogP contribution in [-0.4, -0.2) is 25.8 Å². The van der Waals surface area contributed by atoms with Crippen LogP contribution in [-0.2, 0) is 6.42 Å². The van der Waals surface area contributed by atoms with Crippen LogP contribution in [0.15, 0.2) is 23.1 Å². The average Bonchev–Trinajstić information content (AvgIpc) is 2.71. The molecule has 0 saturated carbocycles. The number of carbonyl (C=O) groups is 1. The summed E-state index contributed by atoms with van der Waals surface area (Å²) in [5.74, 6) is 2.36. The highest BCUT2D eigenvalue weighted by Gasteiger charge is 2.26. The molecule has 4 heteroatoms. The molecule has 2 rings (SSSR count). The molecule has 0 atom stereocenters. The molecule has 0 unspecified atom stereocenters. The molecule has 1 aromatic carbocycles. The summed E-state index contributed by atoms with van der Waals surface area (Å²) in [6.07, 6.45) is 0.682. The van der Waals surface area contributed by atoms with E-state index in [-0.39, 0.29) is 5.78 Å². The Morgan fingerprint density at radius 1 is 1.28 bits per heavy atom. The van der Waals surface area contributed by atoms with Crippen molar-refractivity contribution in [2.75, 3.05) is 20.0 Å². The third kappa shape index (κ3) is 2.25. The van der Waals surface area contributed by atoms with Gasteiger partial charge in [-0.3, -0.25) is 4.79 Å². The topological polar surface area (TPSA) is 35.5 Å². The molecule has 1 aliphatic rings. The number of carbonyl (C=O) groups excluding carboxylic acids is 1. The lowest BCUT2D eigenvalue weighted by Crippen LogP contribution is -1.97. The first-order valence-corrected chi connectivity index (χ1v) is 6.86. The minimum atomic E-state index is 0.104. The fourth-order valence-electron chi connectivity index (χ4n) is 2.02. The maximum atomic E-state index is 12.2. The summed E-state index contributed by atoms with van der Waals surface area (Å²) in [4.78, 5) is 12.2. The fourth-order valence-corrected chi connectivity index (χ4v) is 2.57. The molecule has 0 spiro atoms. The van der Waals surface area contributed by atoms with Crippen LogP contribution in [0.3, 0.4) is 0 Å². The van der Waals surface area contributed by atoms with Crippen LogP contribution in [0.5, 0.6) is 11.5 Å². The van der Waals surface area contributed by atoms with Gasteiger partial charge in [-0.25, -0.2) is 0 Å². The molecule has 0 N–H and O–H groups in total. The molecule has 0 heterocycles. The maximum absolute atomic E-state index is 12.2. The molecule has 0 amide bonds. The van der Waals surface area contributed by atoms with Gasteiger partial charge in [0.1, 0.15) is 0 Å². The zero-order valence-electron chi connectivity index (χ0n) is 10.8. The Hall–Kier alpha value is -1.42. The van der Waals surface area contributed by atoms with Crippen LogP contribution < -0.4 is 9.47 Å². The Morgan fingerprint density at radius 2 is 1.94 bits per heavy atom. The van der Waals surface area contributed by atoms with Crippen LogP contribution in [0.2, 0.25) is 0 Å². The van der Waals surface area contributed by atoms with Gasteiger partial charge in [-0.2, -0.15) is 0 Å². The molecule has 0 bridgehead atoms. The first-order valence-electron chi connectivity index (χ1n) is 5.81. The first kappa shape index (κ1) is 13.0. The second kappa shape index (κ2) is 5.48. The molecular formula is C14H16O3S. The Kier molecular flexibility index (Phi) is 3.97. The van der Waals surface area contributed by atoms with Gasteiger partial charge in [-0.1, -0.05) is 6.92 Å². The minimum absolute atomic E-state index is 0.104. The van der Waals surface area contributed by atoms with Gasteiger partial charge in [0.25, 0.3) is 0 Å². The van der Waals surface area contributed by atoms with Crippen molar-refractivity contribution in [3.8, 4) is 11.5 Å². The monoisotopic (exact) mass is 264 g/mol. The van der Waals surface area contributed by atoms with Crippen molar-refractivity contribution in [3.63, 3.8) is 0 Å². The van der Waals surface area contributed by atoms with Gasteiger partial charge in [-0.05, 0) is 28.9 Å². The van der Waals surface area contributed by atoms with Crippen LogP contribution >= 0.6 is 11.8 Å². The van der Waals surface area contributed by atoms with E-state index in [1.807, 2.05) is 11.5 Å². The molecule has 3 nitrogen and oxygen atoms in total. The number of hydrogen-bond donors (Lipinski definition) is 0. The van der Waals surface area contributed by atoms with Crippen LogP contribution in [0.4, 0.5) is 0 Å². The summed E-state index contributed by atoms with van der Waals surface area (Å²) < 4.78 is 10.5. The van der Waals surface area contributed by atoms with Gasteiger partial charge in [0.05, 0.1) is 14.2 Å². The Labute approximate surface area is 111 Å². The van der Waals surface area contributed by atoms with Crippen molar-refractivity contribution in [1.29, 1.82) is 0 Å². The van der Waals surface area contributed by atoms with Crippen molar-refractivity contribution < 1.29 is 14.3 Å². The molecule has 0 aromatic heterocycles. The lowest BCUT2D eigenvalue weighted by Gasteiger charge is -2.08. The molecule has 0 saturated heterocycles. The van der Waals surface area contributed by atoms with Crippen LogP contribution in [0.1, 0.15) is 22.8 Å². The van der Waals surface area contributed by atoms with E-state index in [4.69, 9.17) is 9.47 Å². The Balaban J connectivity index is 2.40. The number of thioether (sulfide) groups is 1. The van der Waals surface area contributed by atoms with E-state index in [0.717, 1.165) is 22.5 Å². The highest BCUT2D eigenvalue weighted by molar-refractivity contribution is 8.02. The summed E-state index contributed by atoms with van der Waals surface area (Å²) in [7, 11) is 3.18. The number of benzene rings is 1. The zero-order chi connectivity index (χ0) is 13.1. The summed E-state index contributed by atoms with van der Waals surface area (Å²) >= 11 is 1.65. The standard InChI is InChI=1S/C14H16O3S/c1-4-18-8-10-5-9-6-12(16-2)13(17-3)7-11(9)14(10)15/h6-8H,4-5H2,1-3H3. The lowest BCUT2D eigenvalue weighted by atomic mass is 10.1. The van der Waals surface area contributed by atoms with Crippen molar-refractivity contribution >= 4 is 17.5 Å². The number of fused-ring (bicyclic) bond motifs is 1. The van der Waals surface area contributed by atoms with E-state index in [2.05, 4.69) is 6.92 Å². The van der Waals surface area contributed by atoms with E-state index in [0.29, 0.717) is 17.9 Å². The zero-order valence-corrected chi connectivity index (χ0v) is 11.6. The number of methoxy groups -OCH3 is 2. The summed E-state index contributed by atoms with van der Waals surface area (Å²) in [5.41, 5.74) is 2.60. The number of Topliss-reactive ketones (excluding diaryl/α,β-unsaturated/α-hetero) is 1. The smallest absolute Gasteiger partial charge is 0.190 e. The first-order chi connectivity index (χ1) is 8.71. The fraction of sp³-hybridized carbons (Fsp3) is 0.357. The van der Waals surface area contributed by atoms with Crippen LogP contribution in [0, 0.1) is 0 Å². The number of allylic oxidation sites excluding steroid dienone is 1. The van der Waals surface area contributed by atoms with Crippen LogP contribution in [0.25, 0.3) is 0 Å². The second-order valence-electron chi connectivity index (χ2n) is 3.97. The number of hydrogen-bond acceptors (Lipinski definition) is 4. The minimum Gasteiger partial charge on any atom is -0.493 e. The molecule has 1 aliphatic carbocycles. The number of ether oxygens (including phenoxy) is 2. The van der Waals surface area contributed by atoms with Crippen molar-refractivity contribution in [2.45, 2.75) is 13.3 Å². The highest BCUT2D eigenvalue weighted by atomic mass is 32.2. The van der Waals surface area contributed by atoms with E-state index in [1.54, 1.807) is 32.0 Å². The van der Waals surface area contributed by atoms with Crippen molar-refractivity contribution in [3.05, 3.63) is 34.2 Å². The molecule has 1 aromatic rings. The van der Waals surface area contributed by atoms with E-state index < -0.39 is 0 Å². The largest absolute Gasteiger partial charge is 0.493 e. The Morgan fingerprint density at radius 3 is 2.56 bits per heavy atom. The SMILES string of the molecule is CCSC=C1Cc2cc(OC)c(OC)cc2C1=O. The predicted molar refractivity (Wildman–Crippen MR) is 73.8 cm³/mol. The summed E-state index contributed by atoms with van der Waals surface area (Å²) in [6, 6.07) is 3.66. The Bertz CT molecular complexity index is 506. The summed E-state index contributed by atoms with van der Waals surface area (Å²) in [5, 5.41) is 1.96. The third-order valence-corrected chi connectivity index (χ3v) is 3.70. The quantitative estimate of drug-likeness (QED) is 0.783. The average molecular weight is 264 g/mol. The molecule has 96 valence electrons. The van der Waals surface area contributed by atoms with Crippen molar-refractivity contribution in [2.24, 2.45) is 0 Å². The van der Waals surface area contributed by atoms with E-state index >= 15 is 0 Å². The molecule has 18 heavy (non-hydrogen) atoms. The van der Waals surface area contributed by atoms with Gasteiger partial charge in [0.2, 0.25) is 0 Å². The van der Waals surface area contributed by atoms with Crippen molar-refractivity contribution in [1.82, 2.24) is 0 Å². The van der Waals surface area contributed by atoms with Gasteiger partial charge in [0.15, 0.2) is 17.3 Å². The van der Waals surface area contributed by atoms with Gasteiger partial charge in [0, 0.05) is 17.6 Å². The van der Waals surface area contributed by atoms with E-state index in [9.17, 15) is 4.79 Å². The van der Waals surface area contributed by atoms with E-state index in [1.165, 1.54) is 0 Å². The molecule has 0 aliphatic heterocycles. The summed E-state index contributed by atoms with van der Waals surface area (Å²) in [6.45, 7) is 2.07. The molecule has 0 radical (unpaired) electrons. The molecular weight excluding hydrogens is 248 g/mol. The normalized spacial score (nSPS) is 15.9. The lowest BCUT2D eigenvalue weighted by molar-refractivity contribution is 0.103. The number of rotatable bonds is 4. The second-order valence-corrected chi connectivity index (χ2v) is 5.12. The third-order valence-electron chi connectivity index (χ3n) is 2.92. The van der Waals surface area contributed by atoms with Gasteiger partial charge in [-0.15, -0.1) is 11.8 Å². The maximum Gasteiger partial charge on any atom is 0.190 e. The number of ketones is 1.